The number of hydrogen-bond donors (Lipinski definition) is 5. The van der Waals surface area contributed by atoms with Crippen molar-refractivity contribution in [3.63, 3.8) is 0 Å². The molecule has 1 saturated heterocycles. The van der Waals surface area contributed by atoms with Gasteiger partial charge >= 0.3 is 0 Å². The molecule has 1 amide bonds. The minimum Gasteiger partial charge on any atom is -0.395 e. The van der Waals surface area contributed by atoms with Gasteiger partial charge in [0.1, 0.15) is 12.1 Å². The van der Waals surface area contributed by atoms with Crippen molar-refractivity contribution in [2.75, 3.05) is 13.2 Å². The molecule has 100 valence electrons. The Balaban J connectivity index is 2.37. The molecule has 1 heterocycles. The van der Waals surface area contributed by atoms with Crippen molar-refractivity contribution in [3.05, 3.63) is 0 Å². The summed E-state index contributed by atoms with van der Waals surface area (Å²) in [5, 5.41) is 33.5. The fourth-order valence-corrected chi connectivity index (χ4v) is 1.95. The molecule has 6 heteroatoms. The summed E-state index contributed by atoms with van der Waals surface area (Å²) in [5.74, 6) is -0.330. The third kappa shape index (κ3) is 3.64. The topological polar surface area (TPSA) is 102 Å². The largest absolute Gasteiger partial charge is 0.395 e. The number of amides is 1. The highest BCUT2D eigenvalue weighted by Crippen LogP contribution is 2.14. The number of carbonyl (C=O) groups is 1. The van der Waals surface area contributed by atoms with Crippen molar-refractivity contribution in [1.29, 1.82) is 0 Å². The smallest absolute Gasteiger partial charge is 0.239 e. The Bertz CT molecular complexity index is 250. The van der Waals surface area contributed by atoms with Gasteiger partial charge in [-0.1, -0.05) is 19.8 Å². The molecule has 0 unspecified atom stereocenters. The van der Waals surface area contributed by atoms with Crippen LogP contribution in [0, 0.1) is 0 Å². The highest BCUT2D eigenvalue weighted by Gasteiger charge is 2.43. The van der Waals surface area contributed by atoms with Gasteiger partial charge in [-0.05, 0) is 6.42 Å². The van der Waals surface area contributed by atoms with Crippen molar-refractivity contribution in [3.8, 4) is 0 Å². The molecule has 1 aliphatic heterocycles. The van der Waals surface area contributed by atoms with Crippen molar-refractivity contribution in [2.24, 2.45) is 0 Å². The standard InChI is InChI=1S/C11H22N2O4/c1-2-3-4-5-12-11(17)8-10(16)9(15)7(6-14)13-8/h7-10,13-16H,2-6H2,1H3,(H,12,17)/t7-,8-,9-,10-/m0/s1. The van der Waals surface area contributed by atoms with E-state index >= 15 is 0 Å². The molecule has 0 saturated carbocycles. The molecule has 4 atom stereocenters. The van der Waals surface area contributed by atoms with Gasteiger partial charge in [-0.2, -0.15) is 0 Å². The number of aliphatic hydroxyl groups excluding tert-OH is 3. The minimum absolute atomic E-state index is 0.308. The van der Waals surface area contributed by atoms with Crippen LogP contribution in [-0.2, 0) is 4.79 Å². The van der Waals surface area contributed by atoms with E-state index in [2.05, 4.69) is 17.6 Å². The van der Waals surface area contributed by atoms with E-state index in [0.29, 0.717) is 6.54 Å². The quantitative estimate of drug-likeness (QED) is 0.361. The minimum atomic E-state index is -1.17. The Morgan fingerprint density at radius 3 is 2.53 bits per heavy atom. The molecule has 5 N–H and O–H groups in total. The van der Waals surface area contributed by atoms with E-state index in [1.165, 1.54) is 0 Å². The maximum absolute atomic E-state index is 11.7. The molecule has 1 aliphatic rings. The van der Waals surface area contributed by atoms with E-state index < -0.39 is 24.3 Å². The summed E-state index contributed by atoms with van der Waals surface area (Å²) < 4.78 is 0. The molecule has 1 fully saturated rings. The molecule has 0 spiro atoms. The maximum Gasteiger partial charge on any atom is 0.239 e. The van der Waals surface area contributed by atoms with Crippen molar-refractivity contribution < 1.29 is 20.1 Å². The lowest BCUT2D eigenvalue weighted by molar-refractivity contribution is -0.125. The molecule has 0 aliphatic carbocycles. The van der Waals surface area contributed by atoms with Gasteiger partial charge < -0.3 is 20.6 Å². The summed E-state index contributed by atoms with van der Waals surface area (Å²) in [6, 6.07) is -1.49. The summed E-state index contributed by atoms with van der Waals surface area (Å²) in [5.41, 5.74) is 0. The van der Waals surface area contributed by atoms with E-state index in [4.69, 9.17) is 5.11 Å². The molecular weight excluding hydrogens is 224 g/mol. The molecule has 1 rings (SSSR count). The number of rotatable bonds is 6. The van der Waals surface area contributed by atoms with Crippen molar-refractivity contribution in [1.82, 2.24) is 10.6 Å². The summed E-state index contributed by atoms with van der Waals surface area (Å²) >= 11 is 0. The molecule has 0 bridgehead atoms. The third-order valence-corrected chi connectivity index (χ3v) is 3.06. The summed E-state index contributed by atoms with van der Waals surface area (Å²) in [7, 11) is 0. The van der Waals surface area contributed by atoms with Crippen LogP contribution < -0.4 is 10.6 Å². The van der Waals surface area contributed by atoms with E-state index in [0.717, 1.165) is 19.3 Å². The van der Waals surface area contributed by atoms with Crippen molar-refractivity contribution in [2.45, 2.75) is 50.5 Å². The fourth-order valence-electron chi connectivity index (χ4n) is 1.95. The average molecular weight is 246 g/mol. The molecule has 0 aromatic rings. The van der Waals surface area contributed by atoms with Gasteiger partial charge in [-0.25, -0.2) is 0 Å². The van der Waals surface area contributed by atoms with Gasteiger partial charge in [-0.3, -0.25) is 10.1 Å². The van der Waals surface area contributed by atoms with Crippen LogP contribution in [0.15, 0.2) is 0 Å². The third-order valence-electron chi connectivity index (χ3n) is 3.06. The highest BCUT2D eigenvalue weighted by atomic mass is 16.3. The van der Waals surface area contributed by atoms with Crippen LogP contribution in [0.2, 0.25) is 0 Å². The Hall–Kier alpha value is -0.690. The second kappa shape index (κ2) is 6.90. The average Bonchev–Trinajstić information content (AvgIpc) is 2.61. The normalized spacial score (nSPS) is 32.7. The first-order valence-corrected chi connectivity index (χ1v) is 6.12. The van der Waals surface area contributed by atoms with Crippen molar-refractivity contribution >= 4 is 5.91 Å². The van der Waals surface area contributed by atoms with Crippen LogP contribution in [0.25, 0.3) is 0 Å². The summed E-state index contributed by atoms with van der Waals surface area (Å²) in [4.78, 5) is 11.7. The first-order chi connectivity index (χ1) is 8.11. The Labute approximate surface area is 101 Å². The second-order valence-corrected chi connectivity index (χ2v) is 4.41. The zero-order chi connectivity index (χ0) is 12.8. The Morgan fingerprint density at radius 1 is 1.29 bits per heavy atom. The second-order valence-electron chi connectivity index (χ2n) is 4.41. The van der Waals surface area contributed by atoms with E-state index in [1.54, 1.807) is 0 Å². The molecule has 0 radical (unpaired) electrons. The number of hydrogen-bond acceptors (Lipinski definition) is 5. The number of unbranched alkanes of at least 4 members (excludes halogenated alkanes) is 2. The lowest BCUT2D eigenvalue weighted by Gasteiger charge is -2.15. The Kier molecular flexibility index (Phi) is 5.84. The first-order valence-electron chi connectivity index (χ1n) is 6.12. The molecule has 0 aromatic carbocycles. The van der Waals surface area contributed by atoms with Gasteiger partial charge in [0.25, 0.3) is 0 Å². The van der Waals surface area contributed by atoms with Crippen LogP contribution in [-0.4, -0.2) is 58.7 Å². The molecular formula is C11H22N2O4. The maximum atomic E-state index is 11.7. The van der Waals surface area contributed by atoms with Crippen LogP contribution in [0.1, 0.15) is 26.2 Å². The van der Waals surface area contributed by atoms with E-state index in [-0.39, 0.29) is 12.5 Å². The SMILES string of the molecule is CCCCCNC(=O)[C@H]1N[C@@H](CO)[C@H](O)[C@H]1O. The lowest BCUT2D eigenvalue weighted by Crippen LogP contribution is -2.47. The van der Waals surface area contributed by atoms with E-state index in [1.807, 2.05) is 0 Å². The van der Waals surface area contributed by atoms with Crippen LogP contribution in [0.3, 0.4) is 0 Å². The van der Waals surface area contributed by atoms with Gasteiger partial charge in [0, 0.05) is 6.54 Å². The number of aliphatic hydroxyl groups is 3. The monoisotopic (exact) mass is 246 g/mol. The van der Waals surface area contributed by atoms with Gasteiger partial charge in [-0.15, -0.1) is 0 Å². The number of carbonyl (C=O) groups excluding carboxylic acids is 1. The van der Waals surface area contributed by atoms with Crippen LogP contribution in [0.5, 0.6) is 0 Å². The molecule has 0 aromatic heterocycles. The first kappa shape index (κ1) is 14.4. The highest BCUT2D eigenvalue weighted by molar-refractivity contribution is 5.83. The molecule has 6 nitrogen and oxygen atoms in total. The lowest BCUT2D eigenvalue weighted by atomic mass is 10.1. The van der Waals surface area contributed by atoms with E-state index in [9.17, 15) is 15.0 Å². The zero-order valence-corrected chi connectivity index (χ0v) is 10.1. The van der Waals surface area contributed by atoms with Crippen LogP contribution in [0.4, 0.5) is 0 Å². The zero-order valence-electron chi connectivity index (χ0n) is 10.1. The van der Waals surface area contributed by atoms with Crippen LogP contribution >= 0.6 is 0 Å². The van der Waals surface area contributed by atoms with Gasteiger partial charge in [0.05, 0.1) is 18.8 Å². The fraction of sp³-hybridized carbons (Fsp3) is 0.909. The predicted molar refractivity (Wildman–Crippen MR) is 62.3 cm³/mol. The summed E-state index contributed by atoms with van der Waals surface area (Å²) in [6.45, 7) is 2.33. The Morgan fingerprint density at radius 2 is 2.00 bits per heavy atom. The number of nitrogens with one attached hydrogen (secondary N) is 2. The summed E-state index contributed by atoms with van der Waals surface area (Å²) in [6.07, 6.45) is 0.746. The molecule has 17 heavy (non-hydrogen) atoms. The predicted octanol–water partition coefficient (Wildman–Crippen LogP) is -1.65. The van der Waals surface area contributed by atoms with Gasteiger partial charge in [0.15, 0.2) is 0 Å². The van der Waals surface area contributed by atoms with Gasteiger partial charge in [0.2, 0.25) is 5.91 Å².